The lowest BCUT2D eigenvalue weighted by molar-refractivity contribution is 0.102. The Hall–Kier alpha value is -3.75. The summed E-state index contributed by atoms with van der Waals surface area (Å²) in [6.45, 7) is 0.416. The van der Waals surface area contributed by atoms with Gasteiger partial charge in [0.1, 0.15) is 0 Å². The summed E-state index contributed by atoms with van der Waals surface area (Å²) in [4.78, 5) is 17.9. The zero-order valence-electron chi connectivity index (χ0n) is 19.2. The Morgan fingerprint density at radius 1 is 0.889 bits per heavy atom. The van der Waals surface area contributed by atoms with Crippen molar-refractivity contribution in [1.29, 1.82) is 0 Å². The van der Waals surface area contributed by atoms with Crippen molar-refractivity contribution >= 4 is 59.1 Å². The summed E-state index contributed by atoms with van der Waals surface area (Å²) in [7, 11) is -3.70. The molecule has 8 heteroatoms. The van der Waals surface area contributed by atoms with Crippen molar-refractivity contribution in [2.45, 2.75) is 24.2 Å². The number of carbonyl (C=O) groups is 1. The zero-order chi connectivity index (χ0) is 24.4. The summed E-state index contributed by atoms with van der Waals surface area (Å²) in [6.07, 6.45) is 2.78. The van der Waals surface area contributed by atoms with Crippen LogP contribution < -0.4 is 9.62 Å². The third kappa shape index (κ3) is 3.25. The first-order chi connectivity index (χ1) is 17.5. The zero-order valence-corrected chi connectivity index (χ0v) is 20.8. The first-order valence-electron chi connectivity index (χ1n) is 11.9. The number of anilines is 2. The topological polar surface area (TPSA) is 79.4 Å². The summed E-state index contributed by atoms with van der Waals surface area (Å²) >= 11 is 1.46. The Labute approximate surface area is 212 Å². The lowest BCUT2D eigenvalue weighted by atomic mass is 10.0. The Morgan fingerprint density at radius 2 is 1.67 bits per heavy atom. The van der Waals surface area contributed by atoms with Crippen molar-refractivity contribution in [2.24, 2.45) is 0 Å². The number of fused-ring (bicyclic) bond motifs is 3. The predicted molar refractivity (Wildman–Crippen MR) is 144 cm³/mol. The highest BCUT2D eigenvalue weighted by molar-refractivity contribution is 7.92. The number of hydrogen-bond donors (Lipinski definition) is 1. The fourth-order valence-corrected chi connectivity index (χ4v) is 7.84. The Bertz CT molecular complexity index is 1810. The summed E-state index contributed by atoms with van der Waals surface area (Å²) in [5, 5.41) is 5.86. The molecule has 2 heterocycles. The molecule has 5 aromatic rings. The minimum Gasteiger partial charge on any atom is -0.298 e. The Kier molecular flexibility index (Phi) is 4.71. The standard InChI is InChI=1S/C28H21N3O3S2/c32-27(30-28-29-26-22-6-3-5-18-8-9-20(25(18)22)16-24(26)35-28)19-10-12-21(13-11-19)36(33,34)31-15-14-17-4-1-2-7-23(17)31/h1-7,10-13,16H,8-9,14-15H2,(H,29,30,32). The molecule has 1 amide bonds. The van der Waals surface area contributed by atoms with Gasteiger partial charge in [0.05, 0.1) is 20.8 Å². The molecule has 1 N–H and O–H groups in total. The van der Waals surface area contributed by atoms with E-state index in [0.29, 0.717) is 23.7 Å². The number of nitrogens with zero attached hydrogens (tertiary/aromatic N) is 2. The molecule has 0 unspecified atom stereocenters. The van der Waals surface area contributed by atoms with Crippen LogP contribution in [0.15, 0.2) is 77.7 Å². The van der Waals surface area contributed by atoms with Crippen molar-refractivity contribution in [1.82, 2.24) is 4.98 Å². The second kappa shape index (κ2) is 7.88. The molecule has 1 aliphatic carbocycles. The van der Waals surface area contributed by atoms with Gasteiger partial charge in [-0.05, 0) is 77.7 Å². The number of carbonyl (C=O) groups excluding carboxylic acids is 1. The van der Waals surface area contributed by atoms with Gasteiger partial charge in [-0.2, -0.15) is 0 Å². The number of para-hydroxylation sites is 1. The van der Waals surface area contributed by atoms with E-state index in [1.807, 2.05) is 24.3 Å². The molecule has 0 bridgehead atoms. The normalized spacial score (nSPS) is 14.5. The molecule has 0 radical (unpaired) electrons. The van der Waals surface area contributed by atoms with Crippen LogP contribution in [0.1, 0.15) is 27.0 Å². The largest absolute Gasteiger partial charge is 0.298 e. The molecule has 6 nitrogen and oxygen atoms in total. The number of hydrogen-bond acceptors (Lipinski definition) is 5. The fraction of sp³-hybridized carbons (Fsp3) is 0.143. The van der Waals surface area contributed by atoms with E-state index in [-0.39, 0.29) is 10.8 Å². The highest BCUT2D eigenvalue weighted by Crippen LogP contribution is 2.39. The van der Waals surface area contributed by atoms with Gasteiger partial charge >= 0.3 is 0 Å². The number of thiazole rings is 1. The second-order valence-electron chi connectivity index (χ2n) is 9.18. The van der Waals surface area contributed by atoms with Crippen LogP contribution in [0, 0.1) is 0 Å². The molecule has 0 fully saturated rings. The predicted octanol–water partition coefficient (Wildman–Crippen LogP) is 5.55. The van der Waals surface area contributed by atoms with E-state index in [2.05, 4.69) is 29.6 Å². The molecule has 1 aliphatic heterocycles. The lowest BCUT2D eigenvalue weighted by Crippen LogP contribution is -2.29. The maximum atomic E-state index is 13.2. The van der Waals surface area contributed by atoms with Gasteiger partial charge in [0.25, 0.3) is 15.9 Å². The van der Waals surface area contributed by atoms with E-state index in [0.717, 1.165) is 39.7 Å². The van der Waals surface area contributed by atoms with Gasteiger partial charge in [-0.15, -0.1) is 0 Å². The summed E-state index contributed by atoms with van der Waals surface area (Å²) in [5.74, 6) is -0.318. The lowest BCUT2D eigenvalue weighted by Gasteiger charge is -2.19. The molecular weight excluding hydrogens is 490 g/mol. The molecule has 178 valence electrons. The SMILES string of the molecule is O=C(Nc1nc2c(cc3c4c(cccc42)CC3)s1)c1ccc(S(=O)(=O)N2CCc3ccccc32)cc1. The van der Waals surface area contributed by atoms with Crippen LogP contribution in [-0.4, -0.2) is 25.9 Å². The van der Waals surface area contributed by atoms with Crippen LogP contribution in [0.5, 0.6) is 0 Å². The first-order valence-corrected chi connectivity index (χ1v) is 14.1. The fourth-order valence-electron chi connectivity index (χ4n) is 5.39. The molecule has 0 saturated heterocycles. The minimum absolute atomic E-state index is 0.167. The second-order valence-corrected chi connectivity index (χ2v) is 12.1. The quantitative estimate of drug-likeness (QED) is 0.343. The monoisotopic (exact) mass is 511 g/mol. The van der Waals surface area contributed by atoms with E-state index >= 15 is 0 Å². The van der Waals surface area contributed by atoms with Crippen LogP contribution in [0.25, 0.3) is 21.0 Å². The average molecular weight is 512 g/mol. The highest BCUT2D eigenvalue weighted by atomic mass is 32.2. The average Bonchev–Trinajstić information content (AvgIpc) is 3.62. The van der Waals surface area contributed by atoms with Gasteiger partial charge in [0, 0.05) is 17.5 Å². The van der Waals surface area contributed by atoms with Crippen LogP contribution in [0.2, 0.25) is 0 Å². The summed E-state index contributed by atoms with van der Waals surface area (Å²) < 4.78 is 29.0. The third-order valence-electron chi connectivity index (χ3n) is 7.12. The number of aromatic nitrogens is 1. The molecule has 36 heavy (non-hydrogen) atoms. The van der Waals surface area contributed by atoms with Crippen molar-refractivity contribution in [3.63, 3.8) is 0 Å². The van der Waals surface area contributed by atoms with Gasteiger partial charge < -0.3 is 0 Å². The van der Waals surface area contributed by atoms with Crippen LogP contribution in [0.3, 0.4) is 0 Å². The number of rotatable bonds is 4. The Balaban J connectivity index is 1.15. The van der Waals surface area contributed by atoms with Crippen LogP contribution in [-0.2, 0) is 29.3 Å². The smallest absolute Gasteiger partial charge is 0.264 e. The van der Waals surface area contributed by atoms with Gasteiger partial charge in [0.15, 0.2) is 5.13 Å². The molecule has 2 aliphatic rings. The number of aryl methyl sites for hydroxylation is 2. The molecule has 7 rings (SSSR count). The third-order valence-corrected chi connectivity index (χ3v) is 9.86. The first kappa shape index (κ1) is 21.5. The van der Waals surface area contributed by atoms with E-state index < -0.39 is 10.0 Å². The van der Waals surface area contributed by atoms with E-state index in [9.17, 15) is 13.2 Å². The van der Waals surface area contributed by atoms with Gasteiger partial charge in [-0.3, -0.25) is 14.4 Å². The van der Waals surface area contributed by atoms with Crippen LogP contribution >= 0.6 is 11.3 Å². The molecule has 0 saturated carbocycles. The number of benzene rings is 4. The molecule has 0 spiro atoms. The molecule has 1 aromatic heterocycles. The van der Waals surface area contributed by atoms with Crippen LogP contribution in [0.4, 0.5) is 10.8 Å². The summed E-state index contributed by atoms with van der Waals surface area (Å²) in [6, 6.07) is 22.2. The van der Waals surface area contributed by atoms with E-state index in [4.69, 9.17) is 4.98 Å². The maximum absolute atomic E-state index is 13.2. The number of sulfonamides is 1. The van der Waals surface area contributed by atoms with E-state index in [1.165, 1.54) is 44.3 Å². The van der Waals surface area contributed by atoms with Crippen molar-refractivity contribution in [3.05, 3.63) is 95.1 Å². The van der Waals surface area contributed by atoms with E-state index in [1.54, 1.807) is 12.1 Å². The van der Waals surface area contributed by atoms with Crippen molar-refractivity contribution < 1.29 is 13.2 Å². The Morgan fingerprint density at radius 3 is 2.53 bits per heavy atom. The van der Waals surface area contributed by atoms with Gasteiger partial charge in [-0.1, -0.05) is 47.7 Å². The number of amides is 1. The minimum atomic E-state index is -3.70. The van der Waals surface area contributed by atoms with Crippen molar-refractivity contribution in [2.75, 3.05) is 16.2 Å². The molecule has 4 aromatic carbocycles. The maximum Gasteiger partial charge on any atom is 0.264 e. The highest BCUT2D eigenvalue weighted by Gasteiger charge is 2.30. The van der Waals surface area contributed by atoms with Gasteiger partial charge in [-0.25, -0.2) is 13.4 Å². The molecular formula is C28H21N3O3S2. The number of nitrogens with one attached hydrogen (secondary N) is 1. The van der Waals surface area contributed by atoms with Gasteiger partial charge in [0.2, 0.25) is 0 Å². The molecule has 0 atom stereocenters. The van der Waals surface area contributed by atoms with Crippen molar-refractivity contribution in [3.8, 4) is 0 Å². The summed E-state index contributed by atoms with van der Waals surface area (Å²) in [5.41, 5.74) is 5.73.